The van der Waals surface area contributed by atoms with Crippen LogP contribution < -0.4 is 14.4 Å². The Bertz CT molecular complexity index is 896. The van der Waals surface area contributed by atoms with E-state index >= 15 is 0 Å². The number of esters is 1. The number of methoxy groups -OCH3 is 3. The molecule has 1 aliphatic rings. The number of carbonyl (C=O) groups excluding carboxylic acids is 1. The summed E-state index contributed by atoms with van der Waals surface area (Å²) in [6.45, 7) is 1.20. The minimum absolute atomic E-state index is 0.150. The summed E-state index contributed by atoms with van der Waals surface area (Å²) in [6.07, 6.45) is 0.743. The average molecular weight is 372 g/mol. The Labute approximate surface area is 156 Å². The summed E-state index contributed by atoms with van der Waals surface area (Å²) in [5.74, 6) is 0.706. The Morgan fingerprint density at radius 2 is 1.74 bits per heavy atom. The molecule has 0 radical (unpaired) electrons. The van der Waals surface area contributed by atoms with Gasteiger partial charge in [-0.25, -0.2) is 4.79 Å². The number of hydrogen-bond acceptors (Lipinski definition) is 7. The molecule has 1 heterocycles. The first kappa shape index (κ1) is 18.5. The number of non-ortho nitro benzene ring substituents is 1. The van der Waals surface area contributed by atoms with Crippen LogP contribution in [0.25, 0.3) is 0 Å². The van der Waals surface area contributed by atoms with Gasteiger partial charge in [-0.15, -0.1) is 0 Å². The second-order valence-corrected chi connectivity index (χ2v) is 6.10. The molecule has 0 saturated carbocycles. The summed E-state index contributed by atoms with van der Waals surface area (Å²) in [4.78, 5) is 24.7. The van der Waals surface area contributed by atoms with E-state index in [-0.39, 0.29) is 11.3 Å². The number of nitrogens with zero attached hydrogens (tertiary/aromatic N) is 2. The van der Waals surface area contributed by atoms with E-state index in [1.165, 1.54) is 19.2 Å². The third kappa shape index (κ3) is 3.51. The van der Waals surface area contributed by atoms with E-state index in [1.807, 2.05) is 17.0 Å². The van der Waals surface area contributed by atoms with Crippen molar-refractivity contribution in [2.45, 2.75) is 13.0 Å². The highest BCUT2D eigenvalue weighted by Gasteiger charge is 2.25. The maximum atomic E-state index is 12.2. The zero-order valence-corrected chi connectivity index (χ0v) is 15.4. The molecule has 2 aromatic rings. The summed E-state index contributed by atoms with van der Waals surface area (Å²) in [7, 11) is 4.43. The fourth-order valence-electron chi connectivity index (χ4n) is 3.28. The topological polar surface area (TPSA) is 91.1 Å². The maximum Gasteiger partial charge on any atom is 0.340 e. The number of nitro groups is 1. The van der Waals surface area contributed by atoms with Gasteiger partial charge >= 0.3 is 5.97 Å². The number of rotatable bonds is 5. The third-order valence-electron chi connectivity index (χ3n) is 4.66. The highest BCUT2D eigenvalue weighted by Crippen LogP contribution is 2.36. The molecule has 142 valence electrons. The lowest BCUT2D eigenvalue weighted by molar-refractivity contribution is -0.384. The standard InChI is InChI=1S/C19H20N2O6/c1-25-17-8-12-6-7-20(11-13(12)9-18(17)26-2)16-5-4-14(21(23)24)10-15(16)19(22)27-3/h4-5,8-10H,6-7,11H2,1-3H3. The van der Waals surface area contributed by atoms with Gasteiger partial charge in [0, 0.05) is 25.2 Å². The molecular weight excluding hydrogens is 352 g/mol. The molecule has 0 saturated heterocycles. The number of ether oxygens (including phenoxy) is 3. The van der Waals surface area contributed by atoms with Crippen molar-refractivity contribution in [3.8, 4) is 11.5 Å². The van der Waals surface area contributed by atoms with E-state index in [0.717, 1.165) is 17.5 Å². The second-order valence-electron chi connectivity index (χ2n) is 6.10. The summed E-state index contributed by atoms with van der Waals surface area (Å²) < 4.78 is 15.5. The number of benzene rings is 2. The monoisotopic (exact) mass is 372 g/mol. The van der Waals surface area contributed by atoms with Crippen LogP contribution in [0.3, 0.4) is 0 Å². The lowest BCUT2D eigenvalue weighted by Crippen LogP contribution is -2.31. The molecule has 1 aliphatic heterocycles. The van der Waals surface area contributed by atoms with E-state index < -0.39 is 10.9 Å². The van der Waals surface area contributed by atoms with Crippen molar-refractivity contribution in [1.29, 1.82) is 0 Å². The molecule has 0 atom stereocenters. The van der Waals surface area contributed by atoms with Crippen molar-refractivity contribution < 1.29 is 23.9 Å². The maximum absolute atomic E-state index is 12.2. The fourth-order valence-corrected chi connectivity index (χ4v) is 3.28. The van der Waals surface area contributed by atoms with Gasteiger partial charge in [-0.3, -0.25) is 10.1 Å². The SMILES string of the molecule is COC(=O)c1cc([N+](=O)[O-])ccc1N1CCc2cc(OC)c(OC)cc2C1. The molecule has 0 amide bonds. The van der Waals surface area contributed by atoms with Crippen LogP contribution in [0.1, 0.15) is 21.5 Å². The van der Waals surface area contributed by atoms with Crippen LogP contribution in [0.4, 0.5) is 11.4 Å². The van der Waals surface area contributed by atoms with Gasteiger partial charge in [0.15, 0.2) is 11.5 Å². The molecule has 0 N–H and O–H groups in total. The summed E-state index contributed by atoms with van der Waals surface area (Å²) >= 11 is 0. The smallest absolute Gasteiger partial charge is 0.340 e. The van der Waals surface area contributed by atoms with Gasteiger partial charge in [0.05, 0.1) is 37.5 Å². The van der Waals surface area contributed by atoms with Gasteiger partial charge in [0.2, 0.25) is 0 Å². The van der Waals surface area contributed by atoms with Crippen LogP contribution in [0.5, 0.6) is 11.5 Å². The van der Waals surface area contributed by atoms with Gasteiger partial charge in [-0.1, -0.05) is 0 Å². The number of anilines is 1. The van der Waals surface area contributed by atoms with Crippen molar-refractivity contribution in [1.82, 2.24) is 0 Å². The zero-order chi connectivity index (χ0) is 19.6. The normalized spacial score (nSPS) is 12.9. The highest BCUT2D eigenvalue weighted by molar-refractivity contribution is 5.96. The van der Waals surface area contributed by atoms with E-state index in [4.69, 9.17) is 14.2 Å². The average Bonchev–Trinajstić information content (AvgIpc) is 2.71. The van der Waals surface area contributed by atoms with Crippen LogP contribution in [0.15, 0.2) is 30.3 Å². The van der Waals surface area contributed by atoms with Gasteiger partial charge in [0.25, 0.3) is 5.69 Å². The zero-order valence-electron chi connectivity index (χ0n) is 15.4. The Kier molecular flexibility index (Phi) is 5.16. The van der Waals surface area contributed by atoms with E-state index in [1.54, 1.807) is 20.3 Å². The summed E-state index contributed by atoms with van der Waals surface area (Å²) in [5.41, 5.74) is 2.82. The Morgan fingerprint density at radius 1 is 1.07 bits per heavy atom. The predicted molar refractivity (Wildman–Crippen MR) is 98.7 cm³/mol. The third-order valence-corrected chi connectivity index (χ3v) is 4.66. The van der Waals surface area contributed by atoms with Gasteiger partial charge in [-0.2, -0.15) is 0 Å². The van der Waals surface area contributed by atoms with Gasteiger partial charge in [-0.05, 0) is 35.7 Å². The van der Waals surface area contributed by atoms with Gasteiger partial charge in [0.1, 0.15) is 0 Å². The quantitative estimate of drug-likeness (QED) is 0.453. The number of nitro benzene ring substituents is 1. The Hall–Kier alpha value is -3.29. The highest BCUT2D eigenvalue weighted by atomic mass is 16.6. The van der Waals surface area contributed by atoms with Crippen LogP contribution in [0.2, 0.25) is 0 Å². The number of fused-ring (bicyclic) bond motifs is 1. The van der Waals surface area contributed by atoms with E-state index in [2.05, 4.69) is 0 Å². The molecular formula is C19H20N2O6. The Balaban J connectivity index is 1.99. The molecule has 0 bridgehead atoms. The van der Waals surface area contributed by atoms with Crippen molar-refractivity contribution in [3.05, 3.63) is 57.1 Å². The molecule has 0 unspecified atom stereocenters. The minimum Gasteiger partial charge on any atom is -0.493 e. The van der Waals surface area contributed by atoms with Crippen LogP contribution >= 0.6 is 0 Å². The van der Waals surface area contributed by atoms with Crippen LogP contribution in [-0.4, -0.2) is 38.8 Å². The molecule has 0 aromatic heterocycles. The van der Waals surface area contributed by atoms with Crippen molar-refractivity contribution >= 4 is 17.3 Å². The molecule has 0 spiro atoms. The second kappa shape index (κ2) is 7.53. The van der Waals surface area contributed by atoms with Crippen LogP contribution in [-0.2, 0) is 17.7 Å². The lowest BCUT2D eigenvalue weighted by Gasteiger charge is -2.32. The summed E-state index contributed by atoms with van der Waals surface area (Å²) in [6, 6.07) is 8.12. The lowest BCUT2D eigenvalue weighted by atomic mass is 9.97. The number of carbonyl (C=O) groups is 1. The largest absolute Gasteiger partial charge is 0.493 e. The van der Waals surface area contributed by atoms with E-state index in [9.17, 15) is 14.9 Å². The molecule has 2 aromatic carbocycles. The molecule has 3 rings (SSSR count). The van der Waals surface area contributed by atoms with Crippen molar-refractivity contribution in [2.24, 2.45) is 0 Å². The van der Waals surface area contributed by atoms with Gasteiger partial charge < -0.3 is 19.1 Å². The molecule has 8 nitrogen and oxygen atoms in total. The molecule has 27 heavy (non-hydrogen) atoms. The fraction of sp³-hybridized carbons (Fsp3) is 0.316. The first-order valence-electron chi connectivity index (χ1n) is 8.34. The first-order chi connectivity index (χ1) is 13.0. The van der Waals surface area contributed by atoms with Crippen LogP contribution in [0, 0.1) is 10.1 Å². The predicted octanol–water partition coefficient (Wildman–Crippen LogP) is 2.96. The Morgan fingerprint density at radius 3 is 2.33 bits per heavy atom. The number of hydrogen-bond donors (Lipinski definition) is 0. The molecule has 0 fully saturated rings. The van der Waals surface area contributed by atoms with E-state index in [0.29, 0.717) is 30.3 Å². The van der Waals surface area contributed by atoms with Crippen molar-refractivity contribution in [3.63, 3.8) is 0 Å². The van der Waals surface area contributed by atoms with Crippen molar-refractivity contribution in [2.75, 3.05) is 32.8 Å². The molecule has 8 heteroatoms. The summed E-state index contributed by atoms with van der Waals surface area (Å²) in [5, 5.41) is 11.1. The first-order valence-corrected chi connectivity index (χ1v) is 8.34. The molecule has 0 aliphatic carbocycles. The minimum atomic E-state index is -0.605.